The van der Waals surface area contributed by atoms with Gasteiger partial charge in [0.1, 0.15) is 0 Å². The van der Waals surface area contributed by atoms with Gasteiger partial charge >= 0.3 is 0 Å². The Balaban J connectivity index is 1.53. The number of piperidine rings is 1. The van der Waals surface area contributed by atoms with E-state index in [2.05, 4.69) is 22.6 Å². The fraction of sp³-hybridized carbons (Fsp3) is 1.00. The van der Waals surface area contributed by atoms with Crippen LogP contribution in [0.25, 0.3) is 0 Å². The van der Waals surface area contributed by atoms with Gasteiger partial charge < -0.3 is 20.3 Å². The zero-order chi connectivity index (χ0) is 11.2. The van der Waals surface area contributed by atoms with Gasteiger partial charge in [-0.1, -0.05) is 0 Å². The molecule has 2 heterocycles. The van der Waals surface area contributed by atoms with Crippen LogP contribution in [0.4, 0.5) is 0 Å². The van der Waals surface area contributed by atoms with E-state index in [0.29, 0.717) is 6.04 Å². The zero-order valence-corrected chi connectivity index (χ0v) is 10.4. The fourth-order valence-corrected chi connectivity index (χ4v) is 2.48. The Bertz CT molecular complexity index is 187. The van der Waals surface area contributed by atoms with Crippen LogP contribution in [-0.2, 0) is 4.74 Å². The average Bonchev–Trinajstić information content (AvgIpc) is 2.33. The minimum absolute atomic E-state index is 0.514. The van der Waals surface area contributed by atoms with Crippen LogP contribution < -0.4 is 10.6 Å². The van der Waals surface area contributed by atoms with Gasteiger partial charge in [0.05, 0.1) is 13.2 Å². The molecule has 0 spiro atoms. The second-order valence-electron chi connectivity index (χ2n) is 5.13. The van der Waals surface area contributed by atoms with Crippen molar-refractivity contribution in [3.63, 3.8) is 0 Å². The van der Waals surface area contributed by atoms with E-state index in [9.17, 15) is 0 Å². The topological polar surface area (TPSA) is 36.5 Å². The number of hydrogen-bond donors (Lipinski definition) is 2. The molecule has 0 aromatic rings. The summed E-state index contributed by atoms with van der Waals surface area (Å²) in [5.41, 5.74) is 0. The molecule has 0 bridgehead atoms. The lowest BCUT2D eigenvalue weighted by Gasteiger charge is -2.30. The van der Waals surface area contributed by atoms with Crippen molar-refractivity contribution in [2.75, 3.05) is 53.0 Å². The highest BCUT2D eigenvalue weighted by Gasteiger charge is 2.17. The maximum atomic E-state index is 5.43. The molecule has 0 saturated carbocycles. The predicted octanol–water partition coefficient (Wildman–Crippen LogP) is -0.0938. The van der Waals surface area contributed by atoms with Crippen LogP contribution in [0.1, 0.15) is 12.8 Å². The SMILES string of the molecule is CN1CCC(CNCC2COCCN2)CC1. The number of rotatable bonds is 4. The highest BCUT2D eigenvalue weighted by molar-refractivity contribution is 4.76. The third-order valence-corrected chi connectivity index (χ3v) is 3.66. The number of likely N-dealkylation sites (tertiary alicyclic amines) is 1. The lowest BCUT2D eigenvalue weighted by Crippen LogP contribution is -2.48. The molecule has 2 rings (SSSR count). The second-order valence-corrected chi connectivity index (χ2v) is 5.13. The summed E-state index contributed by atoms with van der Waals surface area (Å²) in [6.45, 7) is 7.47. The van der Waals surface area contributed by atoms with Crippen molar-refractivity contribution in [1.29, 1.82) is 0 Å². The summed E-state index contributed by atoms with van der Waals surface area (Å²) >= 11 is 0. The number of ether oxygens (including phenoxy) is 1. The number of hydrogen-bond acceptors (Lipinski definition) is 4. The second kappa shape index (κ2) is 6.55. The first-order valence-corrected chi connectivity index (χ1v) is 6.55. The molecule has 94 valence electrons. The number of nitrogens with one attached hydrogen (secondary N) is 2. The highest BCUT2D eigenvalue weighted by Crippen LogP contribution is 2.14. The van der Waals surface area contributed by atoms with Crippen molar-refractivity contribution < 1.29 is 4.74 Å². The van der Waals surface area contributed by atoms with Gasteiger partial charge in [-0.25, -0.2) is 0 Å². The summed E-state index contributed by atoms with van der Waals surface area (Å²) in [6.07, 6.45) is 2.69. The van der Waals surface area contributed by atoms with Gasteiger partial charge in [-0.15, -0.1) is 0 Å². The Labute approximate surface area is 98.7 Å². The van der Waals surface area contributed by atoms with Gasteiger partial charge in [0.15, 0.2) is 0 Å². The summed E-state index contributed by atoms with van der Waals surface area (Å²) < 4.78 is 5.43. The molecule has 0 aromatic heterocycles. The normalized spacial score (nSPS) is 29.4. The largest absolute Gasteiger partial charge is 0.378 e. The van der Waals surface area contributed by atoms with Crippen LogP contribution in [0.2, 0.25) is 0 Å². The van der Waals surface area contributed by atoms with Crippen molar-refractivity contribution in [2.24, 2.45) is 5.92 Å². The van der Waals surface area contributed by atoms with E-state index in [-0.39, 0.29) is 0 Å². The molecule has 0 amide bonds. The molecule has 0 radical (unpaired) electrons. The molecule has 2 aliphatic rings. The monoisotopic (exact) mass is 227 g/mol. The predicted molar refractivity (Wildman–Crippen MR) is 65.7 cm³/mol. The van der Waals surface area contributed by atoms with E-state index < -0.39 is 0 Å². The standard InChI is InChI=1S/C12H25N3O/c1-15-5-2-11(3-6-15)8-13-9-12-10-16-7-4-14-12/h11-14H,2-10H2,1H3. The maximum absolute atomic E-state index is 5.43. The van der Waals surface area contributed by atoms with Crippen molar-refractivity contribution in [1.82, 2.24) is 15.5 Å². The van der Waals surface area contributed by atoms with Gasteiger partial charge in [-0.3, -0.25) is 0 Å². The lowest BCUT2D eigenvalue weighted by atomic mass is 9.97. The first kappa shape index (κ1) is 12.3. The van der Waals surface area contributed by atoms with Crippen molar-refractivity contribution in [3.05, 3.63) is 0 Å². The molecule has 2 N–H and O–H groups in total. The summed E-state index contributed by atoms with van der Waals surface area (Å²) in [7, 11) is 2.22. The molecule has 0 aliphatic carbocycles. The summed E-state index contributed by atoms with van der Waals surface area (Å²) in [5.74, 6) is 0.876. The van der Waals surface area contributed by atoms with Crippen LogP contribution in [0.15, 0.2) is 0 Å². The molecule has 1 unspecified atom stereocenters. The van der Waals surface area contributed by atoms with Crippen LogP contribution in [-0.4, -0.2) is 63.9 Å². The Hall–Kier alpha value is -0.160. The van der Waals surface area contributed by atoms with E-state index in [1.165, 1.54) is 32.5 Å². The minimum Gasteiger partial charge on any atom is -0.378 e. The van der Waals surface area contributed by atoms with Crippen LogP contribution in [0.3, 0.4) is 0 Å². The molecular formula is C12H25N3O. The van der Waals surface area contributed by atoms with Gasteiger partial charge in [0.25, 0.3) is 0 Å². The molecule has 4 nitrogen and oxygen atoms in total. The third-order valence-electron chi connectivity index (χ3n) is 3.66. The smallest absolute Gasteiger partial charge is 0.0632 e. The first-order chi connectivity index (χ1) is 7.84. The van der Waals surface area contributed by atoms with Crippen molar-refractivity contribution in [2.45, 2.75) is 18.9 Å². The van der Waals surface area contributed by atoms with Crippen molar-refractivity contribution in [3.8, 4) is 0 Å². The molecule has 2 fully saturated rings. The van der Waals surface area contributed by atoms with Crippen LogP contribution in [0.5, 0.6) is 0 Å². The van der Waals surface area contributed by atoms with E-state index in [1.807, 2.05) is 0 Å². The third kappa shape index (κ3) is 4.01. The number of nitrogens with zero attached hydrogens (tertiary/aromatic N) is 1. The van der Waals surface area contributed by atoms with Gasteiger partial charge in [-0.05, 0) is 45.4 Å². The first-order valence-electron chi connectivity index (χ1n) is 6.55. The quantitative estimate of drug-likeness (QED) is 0.703. The van der Waals surface area contributed by atoms with Gasteiger partial charge in [0.2, 0.25) is 0 Å². The Morgan fingerprint density at radius 3 is 2.81 bits per heavy atom. The van der Waals surface area contributed by atoms with E-state index in [4.69, 9.17) is 4.74 Å². The van der Waals surface area contributed by atoms with Gasteiger partial charge in [0, 0.05) is 19.1 Å². The van der Waals surface area contributed by atoms with E-state index in [1.54, 1.807) is 0 Å². The molecule has 0 aromatic carbocycles. The Morgan fingerprint density at radius 1 is 1.31 bits per heavy atom. The Morgan fingerprint density at radius 2 is 2.12 bits per heavy atom. The molecule has 2 saturated heterocycles. The Kier molecular flexibility index (Phi) is 5.03. The molecular weight excluding hydrogens is 202 g/mol. The van der Waals surface area contributed by atoms with E-state index >= 15 is 0 Å². The number of morpholine rings is 1. The van der Waals surface area contributed by atoms with Crippen LogP contribution >= 0.6 is 0 Å². The maximum Gasteiger partial charge on any atom is 0.0632 e. The molecule has 2 aliphatic heterocycles. The average molecular weight is 227 g/mol. The minimum atomic E-state index is 0.514. The lowest BCUT2D eigenvalue weighted by molar-refractivity contribution is 0.0760. The summed E-state index contributed by atoms with van der Waals surface area (Å²) in [6, 6.07) is 0.514. The highest BCUT2D eigenvalue weighted by atomic mass is 16.5. The summed E-state index contributed by atoms with van der Waals surface area (Å²) in [5, 5.41) is 7.05. The molecule has 1 atom stereocenters. The van der Waals surface area contributed by atoms with Crippen LogP contribution in [0, 0.1) is 5.92 Å². The van der Waals surface area contributed by atoms with E-state index in [0.717, 1.165) is 32.2 Å². The summed E-state index contributed by atoms with van der Waals surface area (Å²) in [4.78, 5) is 2.42. The van der Waals surface area contributed by atoms with Gasteiger partial charge in [-0.2, -0.15) is 0 Å². The fourth-order valence-electron chi connectivity index (χ4n) is 2.48. The zero-order valence-electron chi connectivity index (χ0n) is 10.4. The van der Waals surface area contributed by atoms with Crippen molar-refractivity contribution >= 4 is 0 Å². The molecule has 4 heteroatoms. The molecule has 16 heavy (non-hydrogen) atoms.